The first-order valence-corrected chi connectivity index (χ1v) is 9.62. The maximum absolute atomic E-state index is 13.0. The molecule has 2 aromatic heterocycles. The molecule has 1 saturated heterocycles. The van der Waals surface area contributed by atoms with Crippen LogP contribution in [0.1, 0.15) is 46.5 Å². The summed E-state index contributed by atoms with van der Waals surface area (Å²) in [6.45, 7) is 0.880. The molecule has 7 heteroatoms. The van der Waals surface area contributed by atoms with Gasteiger partial charge in [-0.3, -0.25) is 9.48 Å². The minimum Gasteiger partial charge on any atom is -0.479 e. The molecule has 0 atom stereocenters. The standard InChI is InChI=1S/C18H21N3O3S/c22-16(14-12-25-15-5-2-1-4-13(14)15)20-10-6-18(7-11-20,17(23)24)21-9-3-8-19-21/h3,8-9,12H,1-2,4-7,10-11H2,(H,23,24). The Bertz CT molecular complexity index is 789. The molecular weight excluding hydrogens is 338 g/mol. The van der Waals surface area contributed by atoms with E-state index in [1.54, 1.807) is 29.8 Å². The topological polar surface area (TPSA) is 75.4 Å². The molecule has 1 fully saturated rings. The van der Waals surface area contributed by atoms with Crippen molar-refractivity contribution in [2.45, 2.75) is 44.1 Å². The van der Waals surface area contributed by atoms with Crippen molar-refractivity contribution in [2.24, 2.45) is 0 Å². The second-order valence-electron chi connectivity index (χ2n) is 6.84. The van der Waals surface area contributed by atoms with Gasteiger partial charge in [0.1, 0.15) is 0 Å². The third-order valence-corrected chi connectivity index (χ3v) is 6.60. The van der Waals surface area contributed by atoms with Crippen LogP contribution in [0.5, 0.6) is 0 Å². The van der Waals surface area contributed by atoms with Crippen molar-refractivity contribution >= 4 is 23.2 Å². The van der Waals surface area contributed by atoms with Crippen LogP contribution in [-0.4, -0.2) is 44.8 Å². The first-order valence-electron chi connectivity index (χ1n) is 8.74. The molecule has 1 aliphatic carbocycles. The highest BCUT2D eigenvalue weighted by Gasteiger charge is 2.45. The zero-order valence-electron chi connectivity index (χ0n) is 14.0. The fourth-order valence-electron chi connectivity index (χ4n) is 3.99. The number of aryl methyl sites for hydroxylation is 1. The van der Waals surface area contributed by atoms with Crippen molar-refractivity contribution in [3.63, 3.8) is 0 Å². The molecule has 0 spiro atoms. The highest BCUT2D eigenvalue weighted by Crippen LogP contribution is 2.34. The van der Waals surface area contributed by atoms with Gasteiger partial charge < -0.3 is 10.0 Å². The summed E-state index contributed by atoms with van der Waals surface area (Å²) in [5.41, 5.74) is 1.01. The first-order chi connectivity index (χ1) is 12.1. The number of piperidine rings is 1. The number of carboxylic acids is 1. The van der Waals surface area contributed by atoms with Crippen LogP contribution in [0.4, 0.5) is 0 Å². The van der Waals surface area contributed by atoms with Gasteiger partial charge in [0, 0.05) is 48.6 Å². The number of carbonyl (C=O) groups excluding carboxylic acids is 1. The van der Waals surface area contributed by atoms with Crippen LogP contribution in [0.15, 0.2) is 23.8 Å². The summed E-state index contributed by atoms with van der Waals surface area (Å²) in [7, 11) is 0. The Balaban J connectivity index is 1.53. The zero-order chi connectivity index (χ0) is 17.4. The SMILES string of the molecule is O=C(c1csc2c1CCCC2)N1CCC(C(=O)O)(n2cccn2)CC1. The lowest BCUT2D eigenvalue weighted by Gasteiger charge is -2.39. The highest BCUT2D eigenvalue weighted by molar-refractivity contribution is 7.10. The monoisotopic (exact) mass is 359 g/mol. The van der Waals surface area contributed by atoms with Gasteiger partial charge in [0.25, 0.3) is 5.91 Å². The Morgan fingerprint density at radius 1 is 1.20 bits per heavy atom. The van der Waals surface area contributed by atoms with Crippen molar-refractivity contribution in [1.82, 2.24) is 14.7 Å². The van der Waals surface area contributed by atoms with Crippen LogP contribution in [0.3, 0.4) is 0 Å². The molecule has 25 heavy (non-hydrogen) atoms. The quantitative estimate of drug-likeness (QED) is 0.914. The Kier molecular flexibility index (Phi) is 4.11. The van der Waals surface area contributed by atoms with Crippen LogP contribution >= 0.6 is 11.3 Å². The van der Waals surface area contributed by atoms with E-state index in [9.17, 15) is 14.7 Å². The smallest absolute Gasteiger partial charge is 0.331 e. The molecule has 132 valence electrons. The average Bonchev–Trinajstić information content (AvgIpc) is 3.31. The van der Waals surface area contributed by atoms with Crippen molar-refractivity contribution in [1.29, 1.82) is 0 Å². The van der Waals surface area contributed by atoms with Crippen LogP contribution in [0, 0.1) is 0 Å². The van der Waals surface area contributed by atoms with E-state index in [0.29, 0.717) is 25.9 Å². The van der Waals surface area contributed by atoms with Crippen molar-refractivity contribution < 1.29 is 14.7 Å². The summed E-state index contributed by atoms with van der Waals surface area (Å²) in [6.07, 6.45) is 8.46. The Hall–Kier alpha value is -2.15. The molecule has 1 N–H and O–H groups in total. The number of hydrogen-bond acceptors (Lipinski definition) is 4. The van der Waals surface area contributed by atoms with E-state index in [-0.39, 0.29) is 5.91 Å². The number of hydrogen-bond donors (Lipinski definition) is 1. The second kappa shape index (κ2) is 6.29. The lowest BCUT2D eigenvalue weighted by Crippen LogP contribution is -2.52. The molecule has 2 aromatic rings. The third-order valence-electron chi connectivity index (χ3n) is 5.51. The van der Waals surface area contributed by atoms with Gasteiger partial charge in [-0.05, 0) is 37.3 Å². The van der Waals surface area contributed by atoms with E-state index >= 15 is 0 Å². The number of aliphatic carboxylic acids is 1. The number of likely N-dealkylation sites (tertiary alicyclic amines) is 1. The second-order valence-corrected chi connectivity index (χ2v) is 7.80. The predicted molar refractivity (Wildman–Crippen MR) is 93.9 cm³/mol. The number of rotatable bonds is 3. The van der Waals surface area contributed by atoms with Gasteiger partial charge in [-0.2, -0.15) is 5.10 Å². The average molecular weight is 359 g/mol. The Morgan fingerprint density at radius 2 is 1.96 bits per heavy atom. The molecule has 4 rings (SSSR count). The molecule has 1 amide bonds. The van der Waals surface area contributed by atoms with Crippen LogP contribution in [0.2, 0.25) is 0 Å². The molecule has 0 aromatic carbocycles. The number of thiophene rings is 1. The number of amides is 1. The van der Waals surface area contributed by atoms with Gasteiger partial charge in [-0.1, -0.05) is 0 Å². The van der Waals surface area contributed by atoms with Crippen LogP contribution < -0.4 is 0 Å². The van der Waals surface area contributed by atoms with Gasteiger partial charge in [0.2, 0.25) is 0 Å². The summed E-state index contributed by atoms with van der Waals surface area (Å²) >= 11 is 1.69. The Labute approximate surface area is 150 Å². The molecule has 0 bridgehead atoms. The molecule has 0 radical (unpaired) electrons. The van der Waals surface area contributed by atoms with Gasteiger partial charge in [0.05, 0.1) is 5.56 Å². The van der Waals surface area contributed by atoms with E-state index in [1.165, 1.54) is 21.5 Å². The minimum absolute atomic E-state index is 0.0545. The molecule has 1 aliphatic heterocycles. The molecule has 2 aliphatic rings. The normalized spacial score (nSPS) is 19.4. The maximum atomic E-state index is 13.0. The van der Waals surface area contributed by atoms with E-state index in [2.05, 4.69) is 5.10 Å². The van der Waals surface area contributed by atoms with Crippen LogP contribution in [-0.2, 0) is 23.2 Å². The molecule has 0 saturated carbocycles. The summed E-state index contributed by atoms with van der Waals surface area (Å²) in [4.78, 5) is 28.0. The van der Waals surface area contributed by atoms with E-state index in [0.717, 1.165) is 24.8 Å². The van der Waals surface area contributed by atoms with E-state index in [4.69, 9.17) is 0 Å². The van der Waals surface area contributed by atoms with Crippen LogP contribution in [0.25, 0.3) is 0 Å². The summed E-state index contributed by atoms with van der Waals surface area (Å²) in [5, 5.41) is 15.9. The fourth-order valence-corrected chi connectivity index (χ4v) is 5.11. The fraction of sp³-hybridized carbons (Fsp3) is 0.500. The van der Waals surface area contributed by atoms with Gasteiger partial charge >= 0.3 is 5.97 Å². The number of fused-ring (bicyclic) bond motifs is 1. The Morgan fingerprint density at radius 3 is 2.64 bits per heavy atom. The predicted octanol–water partition coefficient (Wildman–Crippen LogP) is 2.54. The van der Waals surface area contributed by atoms with Gasteiger partial charge in [0.15, 0.2) is 5.54 Å². The van der Waals surface area contributed by atoms with Crippen molar-refractivity contribution in [2.75, 3.05) is 13.1 Å². The number of carbonyl (C=O) groups is 2. The lowest BCUT2D eigenvalue weighted by molar-refractivity contribution is -0.150. The largest absolute Gasteiger partial charge is 0.479 e. The van der Waals surface area contributed by atoms with Crippen molar-refractivity contribution in [3.8, 4) is 0 Å². The lowest BCUT2D eigenvalue weighted by atomic mass is 9.87. The minimum atomic E-state index is -1.05. The number of aromatic nitrogens is 2. The summed E-state index contributed by atoms with van der Waals surface area (Å²) < 4.78 is 1.53. The van der Waals surface area contributed by atoms with Gasteiger partial charge in [-0.25, -0.2) is 4.79 Å². The summed E-state index contributed by atoms with van der Waals surface area (Å²) in [5.74, 6) is -0.824. The summed E-state index contributed by atoms with van der Waals surface area (Å²) in [6, 6.07) is 1.74. The molecule has 0 unspecified atom stereocenters. The third kappa shape index (κ3) is 2.66. The molecular formula is C18H21N3O3S. The maximum Gasteiger partial charge on any atom is 0.331 e. The van der Waals surface area contributed by atoms with Crippen molar-refractivity contribution in [3.05, 3.63) is 39.8 Å². The zero-order valence-corrected chi connectivity index (χ0v) is 14.8. The molecule has 3 heterocycles. The van der Waals surface area contributed by atoms with Gasteiger partial charge in [-0.15, -0.1) is 11.3 Å². The number of carboxylic acid groups (broad SMARTS) is 1. The highest BCUT2D eigenvalue weighted by atomic mass is 32.1. The molecule has 6 nitrogen and oxygen atoms in total. The number of nitrogens with zero attached hydrogens (tertiary/aromatic N) is 3. The van der Waals surface area contributed by atoms with E-state index in [1.807, 2.05) is 10.3 Å². The first kappa shape index (κ1) is 16.3. The van der Waals surface area contributed by atoms with E-state index < -0.39 is 11.5 Å².